The number of hydrogen-bond acceptors (Lipinski definition) is 4. The summed E-state index contributed by atoms with van der Waals surface area (Å²) in [5, 5.41) is 6.27. The maximum Gasteiger partial charge on any atom is 0.269 e. The Morgan fingerprint density at radius 1 is 1.15 bits per heavy atom. The van der Waals surface area contributed by atoms with Crippen molar-refractivity contribution in [3.8, 4) is 0 Å². The largest absolute Gasteiger partial charge is 0.354 e. The van der Waals surface area contributed by atoms with Gasteiger partial charge < -0.3 is 10.6 Å². The topological polar surface area (TPSA) is 71.1 Å². The van der Waals surface area contributed by atoms with Crippen LogP contribution in [0.4, 0.5) is 0 Å². The molecular weight excluding hydrogens is 346 g/mol. The molecule has 136 valence electrons. The van der Waals surface area contributed by atoms with Crippen LogP contribution in [-0.2, 0) is 6.42 Å². The van der Waals surface area contributed by atoms with Crippen molar-refractivity contribution in [1.82, 2.24) is 15.6 Å². The van der Waals surface area contributed by atoms with E-state index in [1.54, 1.807) is 19.2 Å². The molecule has 0 aliphatic heterocycles. The van der Waals surface area contributed by atoms with E-state index >= 15 is 0 Å². The van der Waals surface area contributed by atoms with Gasteiger partial charge >= 0.3 is 0 Å². The zero-order valence-corrected chi connectivity index (χ0v) is 15.8. The summed E-state index contributed by atoms with van der Waals surface area (Å²) in [5.41, 5.74) is 2.54. The number of nitrogens with zero attached hydrogens (tertiary/aromatic N) is 1. The highest BCUT2D eigenvalue weighted by Gasteiger charge is 2.30. The van der Waals surface area contributed by atoms with Crippen LogP contribution in [0.15, 0.2) is 42.5 Å². The first-order chi connectivity index (χ1) is 12.6. The molecule has 0 radical (unpaired) electrons. The highest BCUT2D eigenvalue weighted by molar-refractivity contribution is 7.99. The number of carbonyl (C=O) groups is 2. The molecule has 1 saturated carbocycles. The van der Waals surface area contributed by atoms with Gasteiger partial charge in [0.2, 0.25) is 0 Å². The van der Waals surface area contributed by atoms with E-state index in [0.717, 1.165) is 18.4 Å². The van der Waals surface area contributed by atoms with Gasteiger partial charge in [0.25, 0.3) is 11.8 Å². The van der Waals surface area contributed by atoms with E-state index in [0.29, 0.717) is 22.9 Å². The number of aromatic nitrogens is 1. The molecule has 26 heavy (non-hydrogen) atoms. The second-order valence-electron chi connectivity index (χ2n) is 6.47. The third kappa shape index (κ3) is 4.43. The van der Waals surface area contributed by atoms with Crippen molar-refractivity contribution < 1.29 is 9.59 Å². The number of carbonyl (C=O) groups excluding carboxylic acids is 2. The molecule has 0 bridgehead atoms. The molecule has 2 amide bonds. The van der Waals surface area contributed by atoms with Crippen LogP contribution in [0.2, 0.25) is 0 Å². The molecule has 3 rings (SSSR count). The van der Waals surface area contributed by atoms with Crippen LogP contribution in [0, 0.1) is 0 Å². The number of benzene rings is 1. The second-order valence-corrected chi connectivity index (χ2v) is 7.61. The highest BCUT2D eigenvalue weighted by atomic mass is 32.2. The Bertz CT molecular complexity index is 789. The van der Waals surface area contributed by atoms with Gasteiger partial charge in [0.15, 0.2) is 0 Å². The number of nitrogens with one attached hydrogen (secondary N) is 2. The Hall–Kier alpha value is -2.34. The van der Waals surface area contributed by atoms with Crippen LogP contribution in [-0.4, -0.2) is 41.4 Å². The molecule has 1 heterocycles. The standard InChI is InChI=1S/C20H23N3O2S/c1-21-20(25)18-10-14(19(24)23-16-11-17(12-16)26-2)9-15(22-18)8-13-6-4-3-5-7-13/h3-7,9-10,16-17H,8,11-12H2,1-2H3,(H,21,25)(H,23,24). The fourth-order valence-electron chi connectivity index (χ4n) is 3.00. The summed E-state index contributed by atoms with van der Waals surface area (Å²) in [6.45, 7) is 0. The highest BCUT2D eigenvalue weighted by Crippen LogP contribution is 2.30. The minimum Gasteiger partial charge on any atom is -0.354 e. The predicted molar refractivity (Wildman–Crippen MR) is 105 cm³/mol. The minimum atomic E-state index is -0.292. The lowest BCUT2D eigenvalue weighted by Crippen LogP contribution is -2.45. The van der Waals surface area contributed by atoms with Gasteiger partial charge in [-0.15, -0.1) is 0 Å². The van der Waals surface area contributed by atoms with Gasteiger partial charge in [0, 0.05) is 36.0 Å². The zero-order valence-electron chi connectivity index (χ0n) is 15.0. The molecule has 6 heteroatoms. The quantitative estimate of drug-likeness (QED) is 0.821. The molecule has 2 aromatic rings. The first kappa shape index (κ1) is 18.5. The molecule has 1 aliphatic rings. The predicted octanol–water partition coefficient (Wildman–Crippen LogP) is 2.66. The summed E-state index contributed by atoms with van der Waals surface area (Å²) in [4.78, 5) is 29.1. The Morgan fingerprint density at radius 2 is 1.88 bits per heavy atom. The van der Waals surface area contributed by atoms with Crippen LogP contribution in [0.25, 0.3) is 0 Å². The van der Waals surface area contributed by atoms with Crippen LogP contribution < -0.4 is 10.6 Å². The Morgan fingerprint density at radius 3 is 2.54 bits per heavy atom. The van der Waals surface area contributed by atoms with E-state index in [4.69, 9.17) is 0 Å². The summed E-state index contributed by atoms with van der Waals surface area (Å²) in [5.74, 6) is -0.434. The van der Waals surface area contributed by atoms with E-state index < -0.39 is 0 Å². The summed E-state index contributed by atoms with van der Waals surface area (Å²) in [6.07, 6.45) is 4.66. The van der Waals surface area contributed by atoms with E-state index in [1.807, 2.05) is 42.1 Å². The second kappa shape index (κ2) is 8.36. The van der Waals surface area contributed by atoms with Crippen molar-refractivity contribution in [2.24, 2.45) is 0 Å². The first-order valence-electron chi connectivity index (χ1n) is 8.69. The van der Waals surface area contributed by atoms with Crippen LogP contribution >= 0.6 is 11.8 Å². The van der Waals surface area contributed by atoms with Gasteiger partial charge in [-0.05, 0) is 36.8 Å². The molecule has 1 aliphatic carbocycles. The van der Waals surface area contributed by atoms with Gasteiger partial charge in [-0.3, -0.25) is 9.59 Å². The number of pyridine rings is 1. The summed E-state index contributed by atoms with van der Waals surface area (Å²) in [7, 11) is 1.56. The van der Waals surface area contributed by atoms with Crippen molar-refractivity contribution >= 4 is 23.6 Å². The third-order valence-electron chi connectivity index (χ3n) is 4.59. The van der Waals surface area contributed by atoms with Crippen molar-refractivity contribution in [2.75, 3.05) is 13.3 Å². The monoisotopic (exact) mass is 369 g/mol. The normalized spacial score (nSPS) is 18.7. The Balaban J connectivity index is 1.80. The molecule has 0 spiro atoms. The molecule has 1 aromatic heterocycles. The van der Waals surface area contributed by atoms with E-state index in [1.165, 1.54) is 0 Å². The van der Waals surface area contributed by atoms with Crippen LogP contribution in [0.5, 0.6) is 0 Å². The lowest BCUT2D eigenvalue weighted by atomic mass is 9.92. The number of amides is 2. The lowest BCUT2D eigenvalue weighted by molar-refractivity contribution is 0.0919. The average molecular weight is 369 g/mol. The maximum atomic E-state index is 12.6. The zero-order chi connectivity index (χ0) is 18.5. The number of thioether (sulfide) groups is 1. The Kier molecular flexibility index (Phi) is 5.93. The fourth-order valence-corrected chi connectivity index (χ4v) is 3.85. The van der Waals surface area contributed by atoms with Crippen molar-refractivity contribution in [3.05, 3.63) is 65.0 Å². The van der Waals surface area contributed by atoms with Crippen molar-refractivity contribution in [3.63, 3.8) is 0 Å². The molecule has 5 nitrogen and oxygen atoms in total. The third-order valence-corrected chi connectivity index (χ3v) is 5.64. The molecule has 2 N–H and O–H groups in total. The Labute approximate surface area is 158 Å². The molecule has 1 fully saturated rings. The summed E-state index contributed by atoms with van der Waals surface area (Å²) < 4.78 is 0. The van der Waals surface area contributed by atoms with Crippen molar-refractivity contribution in [1.29, 1.82) is 0 Å². The van der Waals surface area contributed by atoms with Gasteiger partial charge in [-0.25, -0.2) is 4.98 Å². The summed E-state index contributed by atoms with van der Waals surface area (Å²) in [6, 6.07) is 13.4. The molecule has 0 saturated heterocycles. The van der Waals surface area contributed by atoms with Gasteiger partial charge in [-0.1, -0.05) is 30.3 Å². The average Bonchev–Trinajstić information content (AvgIpc) is 2.64. The van der Waals surface area contributed by atoms with E-state index in [2.05, 4.69) is 21.9 Å². The van der Waals surface area contributed by atoms with Gasteiger partial charge in [0.05, 0.1) is 0 Å². The van der Waals surface area contributed by atoms with Crippen molar-refractivity contribution in [2.45, 2.75) is 30.6 Å². The number of rotatable bonds is 6. The first-order valence-corrected chi connectivity index (χ1v) is 9.98. The SMILES string of the molecule is CNC(=O)c1cc(C(=O)NC2CC(SC)C2)cc(Cc2ccccc2)n1. The summed E-state index contributed by atoms with van der Waals surface area (Å²) >= 11 is 1.84. The van der Waals surface area contributed by atoms with Gasteiger partial charge in [-0.2, -0.15) is 11.8 Å². The fraction of sp³-hybridized carbons (Fsp3) is 0.350. The smallest absolute Gasteiger partial charge is 0.269 e. The minimum absolute atomic E-state index is 0.142. The number of hydrogen-bond donors (Lipinski definition) is 2. The molecule has 0 unspecified atom stereocenters. The molecule has 0 atom stereocenters. The van der Waals surface area contributed by atoms with E-state index in [-0.39, 0.29) is 23.6 Å². The van der Waals surface area contributed by atoms with Gasteiger partial charge in [0.1, 0.15) is 5.69 Å². The maximum absolute atomic E-state index is 12.6. The van der Waals surface area contributed by atoms with Crippen LogP contribution in [0.1, 0.15) is 44.9 Å². The molecular formula is C20H23N3O2S. The molecule has 1 aromatic carbocycles. The lowest BCUT2D eigenvalue weighted by Gasteiger charge is -2.34. The van der Waals surface area contributed by atoms with Crippen LogP contribution in [0.3, 0.4) is 0 Å². The van der Waals surface area contributed by atoms with E-state index in [9.17, 15) is 9.59 Å².